The lowest BCUT2D eigenvalue weighted by Gasteiger charge is -2.12. The molecule has 0 bridgehead atoms. The third-order valence-electron chi connectivity index (χ3n) is 3.68. The molecule has 1 aromatic carbocycles. The Balaban J connectivity index is 1.81. The van der Waals surface area contributed by atoms with Crippen molar-refractivity contribution in [3.63, 3.8) is 0 Å². The lowest BCUT2D eigenvalue weighted by Crippen LogP contribution is -2.37. The number of unbranched alkanes of at least 4 members (excludes halogenated alkanes) is 1. The monoisotopic (exact) mass is 356 g/mol. The standard InChI is InChI=1S/C19H28N6O/c1-3-13-26-18-10-6-5-9-17(18)14-22-19(20-4-2)21-11-7-8-12-25-15-23-24-16-25/h3,5-6,9-10,15-16H,1,4,7-8,11-14H2,2H3,(H2,20,21,22). The lowest BCUT2D eigenvalue weighted by atomic mass is 10.2. The summed E-state index contributed by atoms with van der Waals surface area (Å²) in [6.07, 6.45) is 7.32. The highest BCUT2D eigenvalue weighted by molar-refractivity contribution is 5.79. The van der Waals surface area contributed by atoms with Gasteiger partial charge < -0.3 is 19.9 Å². The summed E-state index contributed by atoms with van der Waals surface area (Å²) in [7, 11) is 0. The topological polar surface area (TPSA) is 76.4 Å². The first-order valence-electron chi connectivity index (χ1n) is 8.99. The number of aromatic nitrogens is 3. The zero-order chi connectivity index (χ0) is 18.5. The predicted octanol–water partition coefficient (Wildman–Crippen LogP) is 2.38. The third-order valence-corrected chi connectivity index (χ3v) is 3.68. The van der Waals surface area contributed by atoms with Gasteiger partial charge in [0.2, 0.25) is 0 Å². The summed E-state index contributed by atoms with van der Waals surface area (Å²) >= 11 is 0. The summed E-state index contributed by atoms with van der Waals surface area (Å²) in [5, 5.41) is 14.3. The van der Waals surface area contributed by atoms with Gasteiger partial charge in [0.25, 0.3) is 0 Å². The number of benzene rings is 1. The van der Waals surface area contributed by atoms with E-state index in [-0.39, 0.29) is 0 Å². The van der Waals surface area contributed by atoms with Crippen molar-refractivity contribution in [1.29, 1.82) is 0 Å². The zero-order valence-corrected chi connectivity index (χ0v) is 15.4. The molecule has 0 amide bonds. The molecule has 0 aliphatic rings. The molecule has 0 saturated heterocycles. The van der Waals surface area contributed by atoms with Crippen LogP contribution in [0.5, 0.6) is 5.75 Å². The first-order valence-corrected chi connectivity index (χ1v) is 8.99. The molecule has 7 nitrogen and oxygen atoms in total. The van der Waals surface area contributed by atoms with Gasteiger partial charge in [-0.2, -0.15) is 0 Å². The van der Waals surface area contributed by atoms with Crippen molar-refractivity contribution in [2.45, 2.75) is 32.9 Å². The van der Waals surface area contributed by atoms with Crippen LogP contribution >= 0.6 is 0 Å². The van der Waals surface area contributed by atoms with E-state index in [9.17, 15) is 0 Å². The Morgan fingerprint density at radius 2 is 2.04 bits per heavy atom. The van der Waals surface area contributed by atoms with Gasteiger partial charge in [-0.1, -0.05) is 30.9 Å². The molecule has 2 N–H and O–H groups in total. The van der Waals surface area contributed by atoms with Gasteiger partial charge in [0.1, 0.15) is 25.0 Å². The fourth-order valence-electron chi connectivity index (χ4n) is 2.39. The molecule has 2 rings (SSSR count). The number of nitrogens with one attached hydrogen (secondary N) is 2. The SMILES string of the molecule is C=CCOc1ccccc1CN=C(NCC)NCCCCn1cnnc1. The van der Waals surface area contributed by atoms with Crippen molar-refractivity contribution >= 4 is 5.96 Å². The number of guanidine groups is 1. The molecule has 0 atom stereocenters. The smallest absolute Gasteiger partial charge is 0.191 e. The molecule has 0 aliphatic carbocycles. The van der Waals surface area contributed by atoms with Crippen molar-refractivity contribution in [3.05, 3.63) is 55.1 Å². The molecule has 1 heterocycles. The first-order chi connectivity index (χ1) is 12.8. The van der Waals surface area contributed by atoms with Gasteiger partial charge in [-0.25, -0.2) is 4.99 Å². The summed E-state index contributed by atoms with van der Waals surface area (Å²) < 4.78 is 7.67. The van der Waals surface area contributed by atoms with E-state index in [1.807, 2.05) is 28.8 Å². The maximum absolute atomic E-state index is 5.69. The van der Waals surface area contributed by atoms with E-state index in [0.29, 0.717) is 13.2 Å². The molecule has 140 valence electrons. The number of para-hydroxylation sites is 1. The number of hydrogen-bond donors (Lipinski definition) is 2. The van der Waals surface area contributed by atoms with Crippen LogP contribution in [-0.4, -0.2) is 40.4 Å². The highest BCUT2D eigenvalue weighted by Crippen LogP contribution is 2.18. The van der Waals surface area contributed by atoms with Crippen LogP contribution in [0.3, 0.4) is 0 Å². The normalized spacial score (nSPS) is 11.2. The summed E-state index contributed by atoms with van der Waals surface area (Å²) in [6, 6.07) is 7.95. The molecule has 7 heteroatoms. The Kier molecular flexibility index (Phi) is 8.76. The molecular weight excluding hydrogens is 328 g/mol. The summed E-state index contributed by atoms with van der Waals surface area (Å²) in [5.74, 6) is 1.66. The van der Waals surface area contributed by atoms with Crippen molar-refractivity contribution in [2.75, 3.05) is 19.7 Å². The molecular formula is C19H28N6O. The maximum Gasteiger partial charge on any atom is 0.191 e. The summed E-state index contributed by atoms with van der Waals surface area (Å²) in [5.41, 5.74) is 1.05. The molecule has 0 fully saturated rings. The number of ether oxygens (including phenoxy) is 1. The minimum Gasteiger partial charge on any atom is -0.489 e. The molecule has 1 aromatic heterocycles. The summed E-state index contributed by atoms with van der Waals surface area (Å²) in [4.78, 5) is 4.66. The van der Waals surface area contributed by atoms with E-state index >= 15 is 0 Å². The highest BCUT2D eigenvalue weighted by atomic mass is 16.5. The predicted molar refractivity (Wildman–Crippen MR) is 104 cm³/mol. The number of aliphatic imine (C=N–C) groups is 1. The van der Waals surface area contributed by atoms with E-state index in [2.05, 4.69) is 39.3 Å². The largest absolute Gasteiger partial charge is 0.489 e. The zero-order valence-electron chi connectivity index (χ0n) is 15.4. The van der Waals surface area contributed by atoms with Crippen LogP contribution in [0.2, 0.25) is 0 Å². The second-order valence-electron chi connectivity index (χ2n) is 5.74. The minimum absolute atomic E-state index is 0.492. The number of aryl methyl sites for hydroxylation is 1. The van der Waals surface area contributed by atoms with E-state index in [1.165, 1.54) is 0 Å². The fraction of sp³-hybridized carbons (Fsp3) is 0.421. The van der Waals surface area contributed by atoms with Gasteiger partial charge in [-0.15, -0.1) is 10.2 Å². The van der Waals surface area contributed by atoms with Crippen LogP contribution < -0.4 is 15.4 Å². The van der Waals surface area contributed by atoms with Gasteiger partial charge >= 0.3 is 0 Å². The average molecular weight is 356 g/mol. The fourth-order valence-corrected chi connectivity index (χ4v) is 2.39. The van der Waals surface area contributed by atoms with Crippen molar-refractivity contribution in [3.8, 4) is 5.75 Å². The third kappa shape index (κ3) is 6.96. The molecule has 0 saturated carbocycles. The number of nitrogens with zero attached hydrogens (tertiary/aromatic N) is 4. The van der Waals surface area contributed by atoms with Crippen molar-refractivity contribution < 1.29 is 4.74 Å². The van der Waals surface area contributed by atoms with E-state index < -0.39 is 0 Å². The van der Waals surface area contributed by atoms with Crippen LogP contribution in [0.15, 0.2) is 54.6 Å². The van der Waals surface area contributed by atoms with Gasteiger partial charge in [0.15, 0.2) is 5.96 Å². The van der Waals surface area contributed by atoms with Crippen LogP contribution in [0.1, 0.15) is 25.3 Å². The summed E-state index contributed by atoms with van der Waals surface area (Å²) in [6.45, 7) is 9.41. The maximum atomic E-state index is 5.69. The first kappa shape index (κ1) is 19.5. The van der Waals surface area contributed by atoms with Gasteiger partial charge in [0.05, 0.1) is 6.54 Å². The van der Waals surface area contributed by atoms with Gasteiger partial charge in [0, 0.05) is 25.2 Å². The Morgan fingerprint density at radius 3 is 2.81 bits per heavy atom. The Labute approximate surface area is 155 Å². The Hall–Kier alpha value is -2.83. The minimum atomic E-state index is 0.492. The second-order valence-corrected chi connectivity index (χ2v) is 5.74. The molecule has 0 spiro atoms. The Bertz CT molecular complexity index is 668. The van der Waals surface area contributed by atoms with Crippen LogP contribution in [0.25, 0.3) is 0 Å². The van der Waals surface area contributed by atoms with E-state index in [1.54, 1.807) is 18.7 Å². The van der Waals surface area contributed by atoms with Crippen molar-refractivity contribution in [1.82, 2.24) is 25.4 Å². The van der Waals surface area contributed by atoms with Gasteiger partial charge in [-0.3, -0.25) is 0 Å². The molecule has 2 aromatic rings. The second kappa shape index (κ2) is 11.7. The van der Waals surface area contributed by atoms with Crippen LogP contribution in [-0.2, 0) is 13.1 Å². The molecule has 26 heavy (non-hydrogen) atoms. The number of hydrogen-bond acceptors (Lipinski definition) is 4. The van der Waals surface area contributed by atoms with E-state index in [0.717, 1.165) is 49.7 Å². The Morgan fingerprint density at radius 1 is 1.23 bits per heavy atom. The quantitative estimate of drug-likeness (QED) is 0.280. The highest BCUT2D eigenvalue weighted by Gasteiger charge is 2.03. The lowest BCUT2D eigenvalue weighted by molar-refractivity contribution is 0.359. The average Bonchev–Trinajstić information content (AvgIpc) is 3.18. The van der Waals surface area contributed by atoms with Crippen molar-refractivity contribution in [2.24, 2.45) is 4.99 Å². The van der Waals surface area contributed by atoms with Crippen LogP contribution in [0.4, 0.5) is 0 Å². The molecule has 0 aliphatic heterocycles. The van der Waals surface area contributed by atoms with E-state index in [4.69, 9.17) is 4.74 Å². The molecule has 0 unspecified atom stereocenters. The number of rotatable bonds is 11. The van der Waals surface area contributed by atoms with Gasteiger partial charge in [-0.05, 0) is 25.8 Å². The molecule has 0 radical (unpaired) electrons. The van der Waals surface area contributed by atoms with Crippen LogP contribution in [0, 0.1) is 0 Å².